The first kappa shape index (κ1) is 19.8. The molecule has 0 bridgehead atoms. The van der Waals surface area contributed by atoms with Crippen molar-refractivity contribution in [2.75, 3.05) is 0 Å². The van der Waals surface area contributed by atoms with Gasteiger partial charge in [0.05, 0.1) is 22.8 Å². The molecule has 0 saturated heterocycles. The molecule has 1 N–H and O–H groups in total. The third kappa shape index (κ3) is 5.80. The molecule has 0 aliphatic rings. The maximum atomic E-state index is 4.79. The maximum absolute atomic E-state index is 4.79. The van der Waals surface area contributed by atoms with E-state index in [1.807, 2.05) is 79.1 Å². The van der Waals surface area contributed by atoms with Gasteiger partial charge in [-0.25, -0.2) is 4.98 Å². The van der Waals surface area contributed by atoms with Crippen molar-refractivity contribution in [3.63, 3.8) is 0 Å². The van der Waals surface area contributed by atoms with E-state index < -0.39 is 0 Å². The Bertz CT molecular complexity index is 903. The van der Waals surface area contributed by atoms with Crippen molar-refractivity contribution in [3.8, 4) is 22.8 Å². The van der Waals surface area contributed by atoms with E-state index in [9.17, 15) is 0 Å². The van der Waals surface area contributed by atoms with Crippen LogP contribution in [0.15, 0.2) is 91.5 Å². The molecule has 0 aliphatic carbocycles. The standard InChI is InChI=1S/C15H11N3.C5H5NS.Pt/c1-3-10-16-12(6-1)14-8-5-9-15(18-14)13-7-2-4-11-17-13;7-5-1-3-6-4-2-5;/h1-11H;1-4H,(H,6,7);/q;;+4. The molecule has 0 spiro atoms. The molecule has 4 aromatic rings. The Balaban J connectivity index is 0.000000258. The van der Waals surface area contributed by atoms with Crippen LogP contribution in [0.25, 0.3) is 22.8 Å². The number of rotatable bonds is 2. The van der Waals surface area contributed by atoms with Crippen molar-refractivity contribution in [1.29, 1.82) is 0 Å². The average molecular weight is 540 g/mol. The Hall–Kier alpha value is -2.49. The summed E-state index contributed by atoms with van der Waals surface area (Å²) in [6.45, 7) is 0. The molecule has 4 aromatic heterocycles. The molecule has 26 heavy (non-hydrogen) atoms. The molecule has 0 saturated carbocycles. The SMILES string of the molecule is S=c1cc[nH]cc1.[Pt+4].c1ccc(-c2cccc(-c3ccccn3)n2)nc1. The zero-order chi connectivity index (χ0) is 17.3. The second-order valence-electron chi connectivity index (χ2n) is 5.07. The van der Waals surface area contributed by atoms with E-state index in [1.54, 1.807) is 12.4 Å². The fourth-order valence-corrected chi connectivity index (χ4v) is 2.26. The fraction of sp³-hybridized carbons (Fsp3) is 0. The largest absolute Gasteiger partial charge is 4.00 e. The number of aromatic nitrogens is 4. The second-order valence-corrected chi connectivity index (χ2v) is 5.55. The Morgan fingerprint density at radius 2 is 1.12 bits per heavy atom. The van der Waals surface area contributed by atoms with Crippen molar-refractivity contribution >= 4 is 12.2 Å². The van der Waals surface area contributed by atoms with E-state index in [-0.39, 0.29) is 21.1 Å². The minimum atomic E-state index is 0. The molecule has 0 aliphatic heterocycles. The first-order valence-corrected chi connectivity index (χ1v) is 8.17. The van der Waals surface area contributed by atoms with E-state index in [0.717, 1.165) is 27.3 Å². The van der Waals surface area contributed by atoms with Gasteiger partial charge in [-0.15, -0.1) is 0 Å². The molecule has 0 radical (unpaired) electrons. The van der Waals surface area contributed by atoms with Gasteiger partial charge in [0, 0.05) is 29.3 Å². The summed E-state index contributed by atoms with van der Waals surface area (Å²) in [4.78, 5) is 16.1. The van der Waals surface area contributed by atoms with Gasteiger partial charge in [-0.3, -0.25) is 9.97 Å². The normalized spacial score (nSPS) is 9.38. The van der Waals surface area contributed by atoms with Crippen LogP contribution in [0.3, 0.4) is 0 Å². The molecular formula is C20H16N4PtS+4. The summed E-state index contributed by atoms with van der Waals surface area (Å²) in [7, 11) is 0. The van der Waals surface area contributed by atoms with Gasteiger partial charge in [0.1, 0.15) is 0 Å². The third-order valence-electron chi connectivity index (χ3n) is 3.29. The molecule has 0 fully saturated rings. The molecule has 4 rings (SSSR count). The minimum Gasteiger partial charge on any atom is -0.368 e. The maximum Gasteiger partial charge on any atom is 4.00 e. The Morgan fingerprint density at radius 1 is 0.615 bits per heavy atom. The molecule has 0 atom stereocenters. The monoisotopic (exact) mass is 539 g/mol. The molecule has 0 unspecified atom stereocenters. The van der Waals surface area contributed by atoms with Gasteiger partial charge in [-0.1, -0.05) is 30.4 Å². The van der Waals surface area contributed by atoms with Crippen LogP contribution >= 0.6 is 12.2 Å². The number of nitrogens with zero attached hydrogens (tertiary/aromatic N) is 3. The number of aromatic amines is 1. The second kappa shape index (κ2) is 10.5. The van der Waals surface area contributed by atoms with Crippen molar-refractivity contribution in [3.05, 3.63) is 96.0 Å². The number of hydrogen-bond acceptors (Lipinski definition) is 4. The molecular weight excluding hydrogens is 523 g/mol. The average Bonchev–Trinajstić information content (AvgIpc) is 2.71. The van der Waals surface area contributed by atoms with Crippen LogP contribution in [-0.4, -0.2) is 19.9 Å². The van der Waals surface area contributed by atoms with Gasteiger partial charge < -0.3 is 4.98 Å². The minimum absolute atomic E-state index is 0. The van der Waals surface area contributed by atoms with Crippen LogP contribution in [0, 0.1) is 4.51 Å². The van der Waals surface area contributed by atoms with Gasteiger partial charge in [0.2, 0.25) is 0 Å². The summed E-state index contributed by atoms with van der Waals surface area (Å²) in [5, 5.41) is 0. The number of nitrogens with one attached hydrogen (secondary N) is 1. The molecule has 128 valence electrons. The number of pyridine rings is 4. The van der Waals surface area contributed by atoms with E-state index in [2.05, 4.69) is 19.9 Å². The summed E-state index contributed by atoms with van der Waals surface area (Å²) in [6.07, 6.45) is 7.15. The molecule has 4 nitrogen and oxygen atoms in total. The van der Waals surface area contributed by atoms with Crippen LogP contribution < -0.4 is 0 Å². The van der Waals surface area contributed by atoms with E-state index >= 15 is 0 Å². The molecule has 6 heteroatoms. The Morgan fingerprint density at radius 3 is 1.50 bits per heavy atom. The van der Waals surface area contributed by atoms with Crippen LogP contribution in [0.4, 0.5) is 0 Å². The number of hydrogen-bond donors (Lipinski definition) is 1. The third-order valence-corrected chi connectivity index (χ3v) is 3.56. The quantitative estimate of drug-likeness (QED) is 0.367. The summed E-state index contributed by atoms with van der Waals surface area (Å²) >= 11 is 4.79. The van der Waals surface area contributed by atoms with Crippen LogP contribution in [0.2, 0.25) is 0 Å². The van der Waals surface area contributed by atoms with Crippen molar-refractivity contribution in [1.82, 2.24) is 19.9 Å². The zero-order valence-corrected chi connectivity index (χ0v) is 16.8. The first-order valence-electron chi connectivity index (χ1n) is 7.76. The molecule has 0 aromatic carbocycles. The van der Waals surface area contributed by atoms with E-state index in [1.165, 1.54) is 0 Å². The summed E-state index contributed by atoms with van der Waals surface area (Å²) in [5.41, 5.74) is 3.46. The molecule has 0 amide bonds. The smallest absolute Gasteiger partial charge is 0.368 e. The van der Waals surface area contributed by atoms with Crippen LogP contribution in [-0.2, 0) is 21.1 Å². The van der Waals surface area contributed by atoms with Gasteiger partial charge >= 0.3 is 21.1 Å². The summed E-state index contributed by atoms with van der Waals surface area (Å²) < 4.78 is 0.874. The summed E-state index contributed by atoms with van der Waals surface area (Å²) in [5.74, 6) is 0. The van der Waals surface area contributed by atoms with E-state index in [0.29, 0.717) is 0 Å². The molecule has 4 heterocycles. The predicted octanol–water partition coefficient (Wildman–Crippen LogP) is 4.95. The van der Waals surface area contributed by atoms with Crippen molar-refractivity contribution in [2.45, 2.75) is 0 Å². The Labute approximate surface area is 171 Å². The van der Waals surface area contributed by atoms with Crippen molar-refractivity contribution in [2.24, 2.45) is 0 Å². The van der Waals surface area contributed by atoms with Gasteiger partial charge in [0.15, 0.2) is 0 Å². The van der Waals surface area contributed by atoms with Gasteiger partial charge in [0.25, 0.3) is 0 Å². The topological polar surface area (TPSA) is 54.5 Å². The first-order chi connectivity index (χ1) is 12.3. The summed E-state index contributed by atoms with van der Waals surface area (Å²) in [6, 6.07) is 21.2. The zero-order valence-electron chi connectivity index (χ0n) is 13.7. The van der Waals surface area contributed by atoms with Gasteiger partial charge in [-0.2, -0.15) is 0 Å². The van der Waals surface area contributed by atoms with E-state index in [4.69, 9.17) is 12.2 Å². The van der Waals surface area contributed by atoms with Gasteiger partial charge in [-0.05, 0) is 48.5 Å². The Kier molecular flexibility index (Phi) is 8.00. The van der Waals surface area contributed by atoms with Crippen LogP contribution in [0.1, 0.15) is 0 Å². The van der Waals surface area contributed by atoms with Crippen molar-refractivity contribution < 1.29 is 21.1 Å². The predicted molar refractivity (Wildman–Crippen MR) is 102 cm³/mol. The fourth-order valence-electron chi connectivity index (χ4n) is 2.12. The number of H-pyrrole nitrogens is 1. The van der Waals surface area contributed by atoms with Crippen LogP contribution in [0.5, 0.6) is 0 Å².